The first kappa shape index (κ1) is 15.8. The number of nitrogens with zero attached hydrogens (tertiary/aromatic N) is 1. The molecule has 0 saturated carbocycles. The molecule has 1 unspecified atom stereocenters. The first-order valence-electron chi connectivity index (χ1n) is 6.93. The van der Waals surface area contributed by atoms with Crippen LogP contribution in [0.5, 0.6) is 11.5 Å². The first-order chi connectivity index (χ1) is 10.5. The zero-order valence-corrected chi connectivity index (χ0v) is 12.4. The molecule has 0 spiro atoms. The number of benzene rings is 1. The number of anilines is 1. The van der Waals surface area contributed by atoms with Gasteiger partial charge in [-0.3, -0.25) is 19.3 Å². The second kappa shape index (κ2) is 6.46. The molecule has 1 N–H and O–H groups in total. The van der Waals surface area contributed by atoms with Crippen molar-refractivity contribution >= 4 is 23.9 Å². The molecule has 22 heavy (non-hydrogen) atoms. The highest BCUT2D eigenvalue weighted by molar-refractivity contribution is 6.04. The molecule has 7 heteroatoms. The molecule has 0 radical (unpaired) electrons. The smallest absolute Gasteiger partial charge is 0.323 e. The number of carbonyl (C=O) groups excluding carboxylic acids is 2. The number of rotatable bonds is 6. The van der Waals surface area contributed by atoms with Crippen molar-refractivity contribution in [1.29, 1.82) is 0 Å². The van der Waals surface area contributed by atoms with Gasteiger partial charge >= 0.3 is 5.97 Å². The zero-order chi connectivity index (χ0) is 16.3. The SMILES string of the molecule is CCCOc1cc(C=O)cc2c1OC(C)C(=O)N2CC(=O)O. The molecule has 0 fully saturated rings. The van der Waals surface area contributed by atoms with Gasteiger partial charge in [0.05, 0.1) is 12.3 Å². The second-order valence-electron chi connectivity index (χ2n) is 4.91. The van der Waals surface area contributed by atoms with Crippen molar-refractivity contribution in [2.45, 2.75) is 26.4 Å². The monoisotopic (exact) mass is 307 g/mol. The Balaban J connectivity index is 2.54. The first-order valence-corrected chi connectivity index (χ1v) is 6.93. The zero-order valence-electron chi connectivity index (χ0n) is 12.4. The van der Waals surface area contributed by atoms with Gasteiger partial charge < -0.3 is 14.6 Å². The van der Waals surface area contributed by atoms with E-state index in [9.17, 15) is 14.4 Å². The molecular weight excluding hydrogens is 290 g/mol. The van der Waals surface area contributed by atoms with Crippen LogP contribution in [0.25, 0.3) is 0 Å². The summed E-state index contributed by atoms with van der Waals surface area (Å²) in [5.74, 6) is -1.01. The summed E-state index contributed by atoms with van der Waals surface area (Å²) < 4.78 is 11.1. The Morgan fingerprint density at radius 3 is 2.82 bits per heavy atom. The standard InChI is InChI=1S/C15H17NO6/c1-3-4-21-12-6-10(8-17)5-11-14(12)22-9(2)15(20)16(11)7-13(18)19/h5-6,8-9H,3-4,7H2,1-2H3,(H,18,19). The van der Waals surface area contributed by atoms with Crippen molar-refractivity contribution in [1.82, 2.24) is 0 Å². The Hall–Kier alpha value is -2.57. The second-order valence-corrected chi connectivity index (χ2v) is 4.91. The van der Waals surface area contributed by atoms with Gasteiger partial charge in [-0.05, 0) is 25.5 Å². The van der Waals surface area contributed by atoms with E-state index in [1.54, 1.807) is 0 Å². The molecule has 1 atom stereocenters. The summed E-state index contributed by atoms with van der Waals surface area (Å²) >= 11 is 0. The minimum Gasteiger partial charge on any atom is -0.490 e. The Bertz CT molecular complexity index is 612. The minimum atomic E-state index is -1.15. The third-order valence-electron chi connectivity index (χ3n) is 3.15. The van der Waals surface area contributed by atoms with Gasteiger partial charge in [0.15, 0.2) is 17.6 Å². The summed E-state index contributed by atoms with van der Waals surface area (Å²) in [4.78, 5) is 35.3. The number of carboxylic acid groups (broad SMARTS) is 1. The molecule has 1 aromatic rings. The fourth-order valence-corrected chi connectivity index (χ4v) is 2.18. The van der Waals surface area contributed by atoms with Crippen LogP contribution >= 0.6 is 0 Å². The van der Waals surface area contributed by atoms with Crippen LogP contribution < -0.4 is 14.4 Å². The molecular formula is C15H17NO6. The number of amides is 1. The summed E-state index contributed by atoms with van der Waals surface area (Å²) in [5, 5.41) is 9.00. The molecule has 1 aromatic carbocycles. The van der Waals surface area contributed by atoms with Crippen molar-refractivity contribution in [2.24, 2.45) is 0 Å². The molecule has 1 aliphatic rings. The Morgan fingerprint density at radius 2 is 2.23 bits per heavy atom. The number of carboxylic acids is 1. The average Bonchev–Trinajstić information content (AvgIpc) is 2.49. The maximum Gasteiger partial charge on any atom is 0.323 e. The fourth-order valence-electron chi connectivity index (χ4n) is 2.18. The summed E-state index contributed by atoms with van der Waals surface area (Å²) in [6.07, 6.45) is 0.548. The maximum atomic E-state index is 12.2. The van der Waals surface area contributed by atoms with Crippen LogP contribution in [0.2, 0.25) is 0 Å². The minimum absolute atomic E-state index is 0.237. The number of aldehydes is 1. The lowest BCUT2D eigenvalue weighted by Gasteiger charge is -2.33. The summed E-state index contributed by atoms with van der Waals surface area (Å²) in [6, 6.07) is 2.94. The van der Waals surface area contributed by atoms with Crippen molar-refractivity contribution in [3.8, 4) is 11.5 Å². The number of hydrogen-bond donors (Lipinski definition) is 1. The molecule has 1 heterocycles. The van der Waals surface area contributed by atoms with Crippen LogP contribution in [0.4, 0.5) is 5.69 Å². The maximum absolute atomic E-state index is 12.2. The van der Waals surface area contributed by atoms with E-state index in [2.05, 4.69) is 0 Å². The van der Waals surface area contributed by atoms with Gasteiger partial charge in [-0.1, -0.05) is 6.92 Å². The van der Waals surface area contributed by atoms with E-state index in [-0.39, 0.29) is 17.0 Å². The lowest BCUT2D eigenvalue weighted by atomic mass is 10.1. The van der Waals surface area contributed by atoms with Crippen molar-refractivity contribution in [2.75, 3.05) is 18.1 Å². The predicted octanol–water partition coefficient (Wildman–Crippen LogP) is 1.49. The largest absolute Gasteiger partial charge is 0.490 e. The average molecular weight is 307 g/mol. The highest BCUT2D eigenvalue weighted by Crippen LogP contribution is 2.42. The van der Waals surface area contributed by atoms with E-state index in [1.807, 2.05) is 6.92 Å². The fraction of sp³-hybridized carbons (Fsp3) is 0.400. The van der Waals surface area contributed by atoms with Gasteiger partial charge in [-0.25, -0.2) is 0 Å². The number of aliphatic carboxylic acids is 1. The Kier molecular flexibility index (Phi) is 4.65. The summed E-state index contributed by atoms with van der Waals surface area (Å²) in [5.41, 5.74) is 0.521. The molecule has 0 bridgehead atoms. The van der Waals surface area contributed by atoms with Crippen LogP contribution in [-0.4, -0.2) is 42.5 Å². The Morgan fingerprint density at radius 1 is 1.50 bits per heavy atom. The number of hydrogen-bond acceptors (Lipinski definition) is 5. The lowest BCUT2D eigenvalue weighted by Crippen LogP contribution is -2.46. The summed E-state index contributed by atoms with van der Waals surface area (Å²) in [6.45, 7) is 3.38. The molecule has 7 nitrogen and oxygen atoms in total. The molecule has 1 amide bonds. The van der Waals surface area contributed by atoms with E-state index in [1.165, 1.54) is 19.1 Å². The van der Waals surface area contributed by atoms with E-state index in [0.29, 0.717) is 18.6 Å². The number of carbonyl (C=O) groups is 3. The highest BCUT2D eigenvalue weighted by Gasteiger charge is 2.35. The van der Waals surface area contributed by atoms with Gasteiger partial charge in [0.25, 0.3) is 5.91 Å². The van der Waals surface area contributed by atoms with E-state index in [0.717, 1.165) is 11.3 Å². The van der Waals surface area contributed by atoms with Crippen LogP contribution in [0.1, 0.15) is 30.6 Å². The van der Waals surface area contributed by atoms with Crippen LogP contribution in [0, 0.1) is 0 Å². The molecule has 118 valence electrons. The summed E-state index contributed by atoms with van der Waals surface area (Å²) in [7, 11) is 0. The third kappa shape index (κ3) is 3.03. The molecule has 0 aromatic heterocycles. The molecule has 0 saturated heterocycles. The van der Waals surface area contributed by atoms with Gasteiger partial charge in [0, 0.05) is 5.56 Å². The number of ether oxygens (including phenoxy) is 2. The molecule has 1 aliphatic heterocycles. The van der Waals surface area contributed by atoms with Crippen LogP contribution in [-0.2, 0) is 9.59 Å². The van der Waals surface area contributed by atoms with Crippen molar-refractivity contribution < 1.29 is 29.0 Å². The third-order valence-corrected chi connectivity index (χ3v) is 3.15. The Labute approximate surface area is 127 Å². The van der Waals surface area contributed by atoms with E-state index < -0.39 is 24.5 Å². The van der Waals surface area contributed by atoms with Crippen molar-refractivity contribution in [3.63, 3.8) is 0 Å². The van der Waals surface area contributed by atoms with Crippen LogP contribution in [0.15, 0.2) is 12.1 Å². The van der Waals surface area contributed by atoms with Gasteiger partial charge in [-0.15, -0.1) is 0 Å². The normalized spacial score (nSPS) is 16.7. The van der Waals surface area contributed by atoms with Crippen LogP contribution in [0.3, 0.4) is 0 Å². The molecule has 0 aliphatic carbocycles. The predicted molar refractivity (Wildman–Crippen MR) is 77.7 cm³/mol. The quantitative estimate of drug-likeness (QED) is 0.800. The highest BCUT2D eigenvalue weighted by atomic mass is 16.5. The van der Waals surface area contributed by atoms with Crippen molar-refractivity contribution in [3.05, 3.63) is 17.7 Å². The topological polar surface area (TPSA) is 93.1 Å². The van der Waals surface area contributed by atoms with Gasteiger partial charge in [-0.2, -0.15) is 0 Å². The number of fused-ring (bicyclic) bond motifs is 1. The van der Waals surface area contributed by atoms with E-state index in [4.69, 9.17) is 14.6 Å². The molecule has 2 rings (SSSR count). The van der Waals surface area contributed by atoms with Gasteiger partial charge in [0.2, 0.25) is 0 Å². The van der Waals surface area contributed by atoms with E-state index >= 15 is 0 Å². The lowest BCUT2D eigenvalue weighted by molar-refractivity contribution is -0.137. The van der Waals surface area contributed by atoms with Gasteiger partial charge in [0.1, 0.15) is 12.8 Å².